The molecule has 0 aliphatic heterocycles. The molecule has 0 spiro atoms. The molecule has 0 aromatic carbocycles. The van der Waals surface area contributed by atoms with Crippen molar-refractivity contribution in [2.75, 3.05) is 32.7 Å². The number of quaternary nitrogens is 1. The number of unbranched alkanes of at least 4 members (excludes halogenated alkanes) is 8. The molecular weight excluding hydrogens is 296 g/mol. The number of amides is 1. The van der Waals surface area contributed by atoms with E-state index in [4.69, 9.17) is 0 Å². The molecule has 1 N–H and O–H groups in total. The van der Waals surface area contributed by atoms with Crippen LogP contribution < -0.4 is 5.32 Å². The van der Waals surface area contributed by atoms with E-state index in [1.54, 1.807) is 0 Å². The van der Waals surface area contributed by atoms with Crippen molar-refractivity contribution in [2.24, 2.45) is 0 Å². The molecular formula is C21H45N2O+. The van der Waals surface area contributed by atoms with E-state index in [2.05, 4.69) is 33.0 Å². The van der Waals surface area contributed by atoms with Gasteiger partial charge >= 0.3 is 0 Å². The first-order valence-electron chi connectivity index (χ1n) is 10.8. The molecule has 144 valence electrons. The van der Waals surface area contributed by atoms with E-state index >= 15 is 0 Å². The Labute approximate surface area is 152 Å². The second-order valence-electron chi connectivity index (χ2n) is 7.30. The molecule has 0 saturated carbocycles. The van der Waals surface area contributed by atoms with E-state index in [1.165, 1.54) is 82.0 Å². The first kappa shape index (κ1) is 23.4. The van der Waals surface area contributed by atoms with Crippen LogP contribution in [0.5, 0.6) is 0 Å². The van der Waals surface area contributed by atoms with Crippen molar-refractivity contribution in [3.05, 3.63) is 0 Å². The van der Waals surface area contributed by atoms with Crippen molar-refractivity contribution < 1.29 is 9.28 Å². The summed E-state index contributed by atoms with van der Waals surface area (Å²) in [5, 5.41) is 3.10. The van der Waals surface area contributed by atoms with Gasteiger partial charge in [-0.3, -0.25) is 4.79 Å². The molecule has 1 amide bonds. The minimum Gasteiger partial charge on any atom is -0.356 e. The van der Waals surface area contributed by atoms with Crippen LogP contribution in [0.2, 0.25) is 0 Å². The van der Waals surface area contributed by atoms with Crippen LogP contribution in [0.3, 0.4) is 0 Å². The van der Waals surface area contributed by atoms with Crippen LogP contribution in [0, 0.1) is 0 Å². The van der Waals surface area contributed by atoms with Gasteiger partial charge in [-0.25, -0.2) is 0 Å². The van der Waals surface area contributed by atoms with Gasteiger partial charge in [-0.2, -0.15) is 0 Å². The SMILES string of the molecule is CCCCCCCCCCCC(=O)NCCC[N+](CC)(CC)CC. The van der Waals surface area contributed by atoms with E-state index in [0.29, 0.717) is 6.42 Å². The van der Waals surface area contributed by atoms with Gasteiger partial charge in [0.15, 0.2) is 0 Å². The number of rotatable bonds is 17. The van der Waals surface area contributed by atoms with E-state index < -0.39 is 0 Å². The van der Waals surface area contributed by atoms with Gasteiger partial charge in [0.1, 0.15) is 0 Å². The maximum absolute atomic E-state index is 11.9. The molecule has 3 nitrogen and oxygen atoms in total. The first-order chi connectivity index (χ1) is 11.6. The van der Waals surface area contributed by atoms with Crippen molar-refractivity contribution in [3.8, 4) is 0 Å². The third-order valence-electron chi connectivity index (χ3n) is 5.65. The van der Waals surface area contributed by atoms with Gasteiger partial charge in [-0.05, 0) is 27.2 Å². The summed E-state index contributed by atoms with van der Waals surface area (Å²) < 4.78 is 1.17. The largest absolute Gasteiger partial charge is 0.356 e. The molecule has 0 fully saturated rings. The van der Waals surface area contributed by atoms with Gasteiger partial charge in [0.25, 0.3) is 0 Å². The number of nitrogens with one attached hydrogen (secondary N) is 1. The van der Waals surface area contributed by atoms with Crippen molar-refractivity contribution in [1.29, 1.82) is 0 Å². The first-order valence-corrected chi connectivity index (χ1v) is 10.8. The van der Waals surface area contributed by atoms with Gasteiger partial charge < -0.3 is 9.80 Å². The Kier molecular flexibility index (Phi) is 15.6. The summed E-state index contributed by atoms with van der Waals surface area (Å²) in [6.07, 6.45) is 13.6. The van der Waals surface area contributed by atoms with Crippen LogP contribution in [-0.2, 0) is 4.79 Å². The third-order valence-corrected chi connectivity index (χ3v) is 5.65. The average Bonchev–Trinajstić information content (AvgIpc) is 2.61. The summed E-state index contributed by atoms with van der Waals surface area (Å²) in [6, 6.07) is 0. The van der Waals surface area contributed by atoms with Crippen LogP contribution in [0.4, 0.5) is 0 Å². The van der Waals surface area contributed by atoms with Crippen LogP contribution in [-0.4, -0.2) is 43.1 Å². The van der Waals surface area contributed by atoms with Gasteiger partial charge in [0.2, 0.25) is 5.91 Å². The molecule has 3 heteroatoms. The summed E-state index contributed by atoms with van der Waals surface area (Å²) in [4.78, 5) is 11.9. The minimum absolute atomic E-state index is 0.251. The molecule has 0 unspecified atom stereocenters. The molecule has 0 atom stereocenters. The Bertz CT molecular complexity index is 279. The Hall–Kier alpha value is -0.570. The Morgan fingerprint density at radius 1 is 0.708 bits per heavy atom. The predicted octanol–water partition coefficient (Wildman–Crippen LogP) is 5.29. The standard InChI is InChI=1S/C21H44N2O/c1-5-9-10-11-12-13-14-15-16-18-21(24)22-19-17-20-23(6-2,7-3)8-4/h5-20H2,1-4H3/p+1. The zero-order valence-electron chi connectivity index (χ0n) is 17.2. The van der Waals surface area contributed by atoms with E-state index in [1.807, 2.05) is 0 Å². The lowest BCUT2D eigenvalue weighted by atomic mass is 10.1. The summed E-state index contributed by atoms with van der Waals surface area (Å²) in [5.41, 5.74) is 0. The molecule has 24 heavy (non-hydrogen) atoms. The van der Waals surface area contributed by atoms with Gasteiger partial charge in [0, 0.05) is 19.4 Å². The molecule has 0 rings (SSSR count). The van der Waals surface area contributed by atoms with Crippen molar-refractivity contribution in [1.82, 2.24) is 5.32 Å². The normalized spacial score (nSPS) is 11.7. The second kappa shape index (κ2) is 15.9. The lowest BCUT2D eigenvalue weighted by Gasteiger charge is -2.35. The van der Waals surface area contributed by atoms with Crippen molar-refractivity contribution in [2.45, 2.75) is 98.3 Å². The monoisotopic (exact) mass is 341 g/mol. The lowest BCUT2D eigenvalue weighted by molar-refractivity contribution is -0.923. The van der Waals surface area contributed by atoms with Gasteiger partial charge in [-0.15, -0.1) is 0 Å². The number of carbonyl (C=O) groups excluding carboxylic acids is 1. The second-order valence-corrected chi connectivity index (χ2v) is 7.30. The fraction of sp³-hybridized carbons (Fsp3) is 0.952. The molecule has 0 heterocycles. The predicted molar refractivity (Wildman–Crippen MR) is 106 cm³/mol. The molecule has 0 bridgehead atoms. The molecule has 0 aliphatic rings. The van der Waals surface area contributed by atoms with Crippen LogP contribution in [0.15, 0.2) is 0 Å². The Balaban J connectivity index is 3.47. The van der Waals surface area contributed by atoms with E-state index in [9.17, 15) is 4.79 Å². The fourth-order valence-corrected chi connectivity index (χ4v) is 3.47. The van der Waals surface area contributed by atoms with Gasteiger partial charge in [-0.1, -0.05) is 58.3 Å². The van der Waals surface area contributed by atoms with Gasteiger partial charge in [0.05, 0.1) is 26.2 Å². The highest BCUT2D eigenvalue weighted by Gasteiger charge is 2.19. The molecule has 0 radical (unpaired) electrons. The van der Waals surface area contributed by atoms with Crippen molar-refractivity contribution >= 4 is 5.91 Å². The zero-order valence-corrected chi connectivity index (χ0v) is 17.2. The maximum Gasteiger partial charge on any atom is 0.219 e. The minimum atomic E-state index is 0.251. The summed E-state index contributed by atoms with van der Waals surface area (Å²) >= 11 is 0. The van der Waals surface area contributed by atoms with E-state index in [0.717, 1.165) is 19.4 Å². The van der Waals surface area contributed by atoms with Crippen LogP contribution in [0.1, 0.15) is 98.3 Å². The fourth-order valence-electron chi connectivity index (χ4n) is 3.47. The maximum atomic E-state index is 11.9. The third kappa shape index (κ3) is 11.9. The zero-order chi connectivity index (χ0) is 18.1. The number of nitrogens with zero attached hydrogens (tertiary/aromatic N) is 1. The van der Waals surface area contributed by atoms with Crippen LogP contribution >= 0.6 is 0 Å². The number of carbonyl (C=O) groups is 1. The summed E-state index contributed by atoms with van der Waals surface area (Å²) in [5.74, 6) is 0.251. The molecule has 0 aromatic rings. The highest BCUT2D eigenvalue weighted by atomic mass is 16.1. The highest BCUT2D eigenvalue weighted by molar-refractivity contribution is 5.75. The Morgan fingerprint density at radius 2 is 1.21 bits per heavy atom. The summed E-state index contributed by atoms with van der Waals surface area (Å²) in [7, 11) is 0. The highest BCUT2D eigenvalue weighted by Crippen LogP contribution is 2.10. The smallest absolute Gasteiger partial charge is 0.219 e. The molecule has 0 saturated heterocycles. The number of hydrogen-bond acceptors (Lipinski definition) is 1. The van der Waals surface area contributed by atoms with Crippen molar-refractivity contribution in [3.63, 3.8) is 0 Å². The average molecular weight is 342 g/mol. The van der Waals surface area contributed by atoms with Crippen LogP contribution in [0.25, 0.3) is 0 Å². The molecule has 0 aliphatic carbocycles. The topological polar surface area (TPSA) is 29.1 Å². The lowest BCUT2D eigenvalue weighted by Crippen LogP contribution is -2.48. The molecule has 0 aromatic heterocycles. The van der Waals surface area contributed by atoms with E-state index in [-0.39, 0.29) is 5.91 Å². The number of hydrogen-bond donors (Lipinski definition) is 1. The Morgan fingerprint density at radius 3 is 1.71 bits per heavy atom. The quantitative estimate of drug-likeness (QED) is 0.283. The summed E-state index contributed by atoms with van der Waals surface area (Å²) in [6.45, 7) is 14.7.